The van der Waals surface area contributed by atoms with Crippen molar-refractivity contribution in [3.05, 3.63) is 0 Å². The van der Waals surface area contributed by atoms with Gasteiger partial charge in [-0.15, -0.1) is 0 Å². The molecule has 2 heterocycles. The lowest BCUT2D eigenvalue weighted by atomic mass is 9.93. The lowest BCUT2D eigenvalue weighted by molar-refractivity contribution is -0.137. The van der Waals surface area contributed by atoms with Crippen LogP contribution in [0.4, 0.5) is 0 Å². The van der Waals surface area contributed by atoms with Crippen molar-refractivity contribution in [1.29, 1.82) is 0 Å². The first-order valence-electron chi connectivity index (χ1n) is 7.66. The van der Waals surface area contributed by atoms with Crippen LogP contribution >= 0.6 is 0 Å². The van der Waals surface area contributed by atoms with Gasteiger partial charge in [-0.2, -0.15) is 0 Å². The molecular weight excluding hydrogens is 292 g/mol. The number of rotatable bonds is 5. The number of carbonyl (C=O) groups excluding carboxylic acids is 1. The van der Waals surface area contributed by atoms with E-state index in [4.69, 9.17) is 4.74 Å². The van der Waals surface area contributed by atoms with E-state index >= 15 is 0 Å². The molecule has 0 saturated carbocycles. The molecule has 0 aromatic carbocycles. The summed E-state index contributed by atoms with van der Waals surface area (Å²) in [7, 11) is -1.40. The molecule has 2 aliphatic rings. The fourth-order valence-electron chi connectivity index (χ4n) is 3.18. The highest BCUT2D eigenvalue weighted by Gasteiger charge is 2.37. The van der Waals surface area contributed by atoms with Crippen molar-refractivity contribution in [1.82, 2.24) is 10.2 Å². The Balaban J connectivity index is 2.06. The number of methoxy groups -OCH3 is 1. The average molecular weight is 318 g/mol. The van der Waals surface area contributed by atoms with Crippen molar-refractivity contribution in [2.45, 2.75) is 38.3 Å². The number of carbonyl (C=O) groups is 1. The van der Waals surface area contributed by atoms with Gasteiger partial charge in [-0.05, 0) is 31.7 Å². The van der Waals surface area contributed by atoms with E-state index in [1.807, 2.05) is 0 Å². The summed E-state index contributed by atoms with van der Waals surface area (Å²) in [6.07, 6.45) is 2.45. The van der Waals surface area contributed by atoms with Gasteiger partial charge in [0.15, 0.2) is 9.84 Å². The van der Waals surface area contributed by atoms with Crippen molar-refractivity contribution in [2.75, 3.05) is 38.3 Å². The zero-order chi connectivity index (χ0) is 15.5. The van der Waals surface area contributed by atoms with Gasteiger partial charge in [-0.1, -0.05) is 6.92 Å². The third-order valence-electron chi connectivity index (χ3n) is 4.43. The van der Waals surface area contributed by atoms with Crippen molar-refractivity contribution in [2.24, 2.45) is 5.92 Å². The first-order valence-corrected chi connectivity index (χ1v) is 9.48. The maximum absolute atomic E-state index is 12.8. The van der Waals surface area contributed by atoms with E-state index in [0.717, 1.165) is 19.4 Å². The molecule has 21 heavy (non-hydrogen) atoms. The van der Waals surface area contributed by atoms with Gasteiger partial charge in [-0.3, -0.25) is 4.79 Å². The Labute approximate surface area is 127 Å². The molecule has 6 nitrogen and oxygen atoms in total. The van der Waals surface area contributed by atoms with Gasteiger partial charge >= 0.3 is 0 Å². The van der Waals surface area contributed by atoms with Gasteiger partial charge in [0.05, 0.1) is 24.2 Å². The Bertz CT molecular complexity index is 466. The number of amides is 1. The van der Waals surface area contributed by atoms with Crippen molar-refractivity contribution < 1.29 is 17.9 Å². The van der Waals surface area contributed by atoms with E-state index in [0.29, 0.717) is 25.5 Å². The standard InChI is InChI=1S/C14H26N2O4S/c1-11-3-5-15-13(9-11)14(17)16(6-7-20-2)12-4-8-21(18,19)10-12/h11-13,15H,3-10H2,1-2H3. The number of piperidine rings is 1. The van der Waals surface area contributed by atoms with E-state index in [1.54, 1.807) is 12.0 Å². The molecule has 2 aliphatic heterocycles. The molecule has 1 amide bonds. The van der Waals surface area contributed by atoms with E-state index in [1.165, 1.54) is 0 Å². The fraction of sp³-hybridized carbons (Fsp3) is 0.929. The summed E-state index contributed by atoms with van der Waals surface area (Å²) in [5, 5.41) is 3.27. The summed E-state index contributed by atoms with van der Waals surface area (Å²) in [4.78, 5) is 14.5. The second-order valence-corrected chi connectivity index (χ2v) is 8.45. The molecule has 2 fully saturated rings. The number of hydrogen-bond donors (Lipinski definition) is 1. The van der Waals surface area contributed by atoms with Crippen molar-refractivity contribution >= 4 is 15.7 Å². The molecule has 0 spiro atoms. The Morgan fingerprint density at radius 1 is 1.38 bits per heavy atom. The van der Waals surface area contributed by atoms with E-state index in [-0.39, 0.29) is 29.5 Å². The Morgan fingerprint density at radius 3 is 2.71 bits per heavy atom. The smallest absolute Gasteiger partial charge is 0.240 e. The molecule has 0 aromatic rings. The molecule has 0 aliphatic carbocycles. The molecule has 3 unspecified atom stereocenters. The highest BCUT2D eigenvalue weighted by molar-refractivity contribution is 7.91. The van der Waals surface area contributed by atoms with E-state index in [9.17, 15) is 13.2 Å². The lowest BCUT2D eigenvalue weighted by Gasteiger charge is -2.35. The maximum Gasteiger partial charge on any atom is 0.240 e. The summed E-state index contributed by atoms with van der Waals surface area (Å²) >= 11 is 0. The van der Waals surface area contributed by atoms with Crippen LogP contribution in [-0.2, 0) is 19.4 Å². The van der Waals surface area contributed by atoms with Crippen LogP contribution in [0.15, 0.2) is 0 Å². The predicted octanol–water partition coefficient (Wildman–Crippen LogP) is 0.0366. The molecule has 7 heteroatoms. The van der Waals surface area contributed by atoms with Crippen LogP contribution in [0.3, 0.4) is 0 Å². The van der Waals surface area contributed by atoms with Crippen molar-refractivity contribution in [3.8, 4) is 0 Å². The zero-order valence-electron chi connectivity index (χ0n) is 12.9. The van der Waals surface area contributed by atoms with E-state index in [2.05, 4.69) is 12.2 Å². The minimum absolute atomic E-state index is 0.0284. The number of nitrogens with one attached hydrogen (secondary N) is 1. The molecular formula is C14H26N2O4S. The Morgan fingerprint density at radius 2 is 2.14 bits per heavy atom. The lowest BCUT2D eigenvalue weighted by Crippen LogP contribution is -2.54. The topological polar surface area (TPSA) is 75.7 Å². The van der Waals surface area contributed by atoms with Gasteiger partial charge in [0.2, 0.25) is 5.91 Å². The first kappa shape index (κ1) is 16.7. The highest BCUT2D eigenvalue weighted by atomic mass is 32.2. The minimum atomic E-state index is -3.00. The molecule has 0 aromatic heterocycles. The Kier molecular flexibility index (Phi) is 5.62. The van der Waals surface area contributed by atoms with Crippen LogP contribution in [-0.4, -0.2) is 69.6 Å². The summed E-state index contributed by atoms with van der Waals surface area (Å²) in [5.74, 6) is 0.825. The number of hydrogen-bond acceptors (Lipinski definition) is 5. The van der Waals surface area contributed by atoms with Crippen LogP contribution < -0.4 is 5.32 Å². The molecule has 0 radical (unpaired) electrons. The highest BCUT2D eigenvalue weighted by Crippen LogP contribution is 2.22. The van der Waals surface area contributed by atoms with Gasteiger partial charge in [0.25, 0.3) is 0 Å². The van der Waals surface area contributed by atoms with Gasteiger partial charge in [-0.25, -0.2) is 8.42 Å². The SMILES string of the molecule is COCCN(C(=O)C1CC(C)CCN1)C1CCS(=O)(=O)C1. The monoisotopic (exact) mass is 318 g/mol. The normalized spacial score (nSPS) is 32.0. The van der Waals surface area contributed by atoms with Gasteiger partial charge in [0.1, 0.15) is 0 Å². The molecule has 2 saturated heterocycles. The summed E-state index contributed by atoms with van der Waals surface area (Å²) in [6.45, 7) is 3.89. The fourth-order valence-corrected chi connectivity index (χ4v) is 4.91. The Hall–Kier alpha value is -0.660. The molecule has 3 atom stereocenters. The largest absolute Gasteiger partial charge is 0.383 e. The van der Waals surface area contributed by atoms with E-state index < -0.39 is 9.84 Å². The molecule has 122 valence electrons. The van der Waals surface area contributed by atoms with Gasteiger partial charge < -0.3 is 15.0 Å². The quantitative estimate of drug-likeness (QED) is 0.774. The van der Waals surface area contributed by atoms with Gasteiger partial charge in [0, 0.05) is 19.7 Å². The molecule has 1 N–H and O–H groups in total. The van der Waals surface area contributed by atoms with Crippen LogP contribution in [0.1, 0.15) is 26.2 Å². The maximum atomic E-state index is 12.8. The third kappa shape index (κ3) is 4.40. The van der Waals surface area contributed by atoms with Crippen LogP contribution in [0, 0.1) is 5.92 Å². The number of nitrogens with zero attached hydrogens (tertiary/aromatic N) is 1. The molecule has 2 rings (SSSR count). The first-order chi connectivity index (χ1) is 9.93. The summed E-state index contributed by atoms with van der Waals surface area (Å²) in [6, 6.07) is -0.384. The zero-order valence-corrected chi connectivity index (χ0v) is 13.7. The van der Waals surface area contributed by atoms with Crippen molar-refractivity contribution in [3.63, 3.8) is 0 Å². The summed E-state index contributed by atoms with van der Waals surface area (Å²) < 4.78 is 28.4. The van der Waals surface area contributed by atoms with Crippen LogP contribution in [0.25, 0.3) is 0 Å². The average Bonchev–Trinajstić information content (AvgIpc) is 2.79. The predicted molar refractivity (Wildman–Crippen MR) is 80.8 cm³/mol. The minimum Gasteiger partial charge on any atom is -0.383 e. The second kappa shape index (κ2) is 7.07. The summed E-state index contributed by atoms with van der Waals surface area (Å²) in [5.41, 5.74) is 0. The van der Waals surface area contributed by atoms with Crippen LogP contribution in [0.5, 0.6) is 0 Å². The third-order valence-corrected chi connectivity index (χ3v) is 6.18. The molecule has 0 bridgehead atoms. The number of ether oxygens (including phenoxy) is 1. The van der Waals surface area contributed by atoms with Crippen LogP contribution in [0.2, 0.25) is 0 Å². The second-order valence-electron chi connectivity index (χ2n) is 6.22. The number of sulfone groups is 1.